The predicted octanol–water partition coefficient (Wildman–Crippen LogP) is 2.49. The van der Waals surface area contributed by atoms with E-state index in [0.29, 0.717) is 11.6 Å². The van der Waals surface area contributed by atoms with Crippen LogP contribution < -0.4 is 5.90 Å². The molecule has 0 bridgehead atoms. The number of hydrogen-bond acceptors (Lipinski definition) is 2. The molecule has 1 aromatic rings. The largest absolute Gasteiger partial charge is 0.300 e. The van der Waals surface area contributed by atoms with Gasteiger partial charge in [0.1, 0.15) is 0 Å². The fraction of sp³-hybridized carbons (Fsp3) is 0.143. The Morgan fingerprint density at radius 3 is 2.91 bits per heavy atom. The van der Waals surface area contributed by atoms with E-state index in [1.165, 1.54) is 0 Å². The van der Waals surface area contributed by atoms with Gasteiger partial charge in [0.2, 0.25) is 0 Å². The van der Waals surface area contributed by atoms with Crippen LogP contribution in [0.4, 0.5) is 0 Å². The van der Waals surface area contributed by atoms with E-state index in [-0.39, 0.29) is 0 Å². The van der Waals surface area contributed by atoms with Crippen molar-refractivity contribution in [3.63, 3.8) is 0 Å². The molecule has 0 fully saturated rings. The first kappa shape index (κ1) is 9.00. The Morgan fingerprint density at radius 1 is 1.55 bits per heavy atom. The number of nitrogens with two attached hydrogens (primary N) is 1. The topological polar surface area (TPSA) is 35.2 Å². The minimum atomic E-state index is 0.362. The van der Waals surface area contributed by atoms with E-state index in [1.807, 2.05) is 6.07 Å². The summed E-state index contributed by atoms with van der Waals surface area (Å²) in [4.78, 5) is 4.48. The van der Waals surface area contributed by atoms with Gasteiger partial charge in [0, 0.05) is 9.50 Å². The number of rotatable bonds is 2. The van der Waals surface area contributed by atoms with Crippen LogP contribution in [0.1, 0.15) is 5.56 Å². The Morgan fingerprint density at radius 2 is 2.27 bits per heavy atom. The van der Waals surface area contributed by atoms with Crippen molar-refractivity contribution < 1.29 is 4.84 Å². The third-order valence-electron chi connectivity index (χ3n) is 1.25. The number of hydrogen-bond donors (Lipinski definition) is 1. The van der Waals surface area contributed by atoms with Crippen LogP contribution >= 0.6 is 27.5 Å². The molecular formula is C7H7BrClNO. The quantitative estimate of drug-likeness (QED) is 0.801. The lowest BCUT2D eigenvalue weighted by molar-refractivity contribution is 0.123. The Balaban J connectivity index is 2.93. The normalized spacial score (nSPS) is 10.1. The molecule has 11 heavy (non-hydrogen) atoms. The second kappa shape index (κ2) is 4.07. The number of halogens is 2. The molecule has 1 rings (SSSR count). The van der Waals surface area contributed by atoms with Crippen molar-refractivity contribution >= 4 is 27.5 Å². The maximum atomic E-state index is 5.74. The molecule has 1 aromatic carbocycles. The summed E-state index contributed by atoms with van der Waals surface area (Å²) >= 11 is 9.07. The van der Waals surface area contributed by atoms with Gasteiger partial charge in [-0.05, 0) is 23.8 Å². The van der Waals surface area contributed by atoms with Crippen LogP contribution in [0.15, 0.2) is 22.7 Å². The van der Waals surface area contributed by atoms with Crippen LogP contribution in [0.5, 0.6) is 0 Å². The maximum absolute atomic E-state index is 5.74. The summed E-state index contributed by atoms with van der Waals surface area (Å²) < 4.78 is 0.951. The Hall–Kier alpha value is -0.0900. The maximum Gasteiger partial charge on any atom is 0.0941 e. The molecule has 0 aliphatic heterocycles. The minimum absolute atomic E-state index is 0.362. The monoisotopic (exact) mass is 235 g/mol. The summed E-state index contributed by atoms with van der Waals surface area (Å²) in [5, 5.41) is 0.681. The van der Waals surface area contributed by atoms with Gasteiger partial charge in [-0.25, -0.2) is 5.90 Å². The third kappa shape index (κ3) is 2.45. The Bertz CT molecular complexity index is 254. The van der Waals surface area contributed by atoms with E-state index < -0.39 is 0 Å². The predicted molar refractivity (Wildman–Crippen MR) is 48.1 cm³/mol. The van der Waals surface area contributed by atoms with Crippen molar-refractivity contribution in [3.8, 4) is 0 Å². The summed E-state index contributed by atoms with van der Waals surface area (Å²) in [6.45, 7) is 0.362. The Kier molecular flexibility index (Phi) is 3.33. The highest BCUT2D eigenvalue weighted by molar-refractivity contribution is 9.10. The Labute approximate surface area is 78.4 Å². The zero-order chi connectivity index (χ0) is 8.27. The molecule has 0 unspecified atom stereocenters. The van der Waals surface area contributed by atoms with E-state index in [0.717, 1.165) is 10.0 Å². The summed E-state index contributed by atoms with van der Waals surface area (Å²) in [5.74, 6) is 4.92. The molecule has 2 N–H and O–H groups in total. The average molecular weight is 236 g/mol. The highest BCUT2D eigenvalue weighted by atomic mass is 79.9. The van der Waals surface area contributed by atoms with E-state index in [1.54, 1.807) is 12.1 Å². The van der Waals surface area contributed by atoms with Gasteiger partial charge in [0.05, 0.1) is 6.61 Å². The molecule has 4 heteroatoms. The van der Waals surface area contributed by atoms with Crippen molar-refractivity contribution in [1.29, 1.82) is 0 Å². The molecule has 2 nitrogen and oxygen atoms in total. The van der Waals surface area contributed by atoms with Crippen molar-refractivity contribution in [3.05, 3.63) is 33.3 Å². The molecule has 0 radical (unpaired) electrons. The molecule has 0 aliphatic carbocycles. The zero-order valence-corrected chi connectivity index (χ0v) is 8.02. The van der Waals surface area contributed by atoms with Gasteiger partial charge in [-0.1, -0.05) is 27.5 Å². The molecule has 0 saturated carbocycles. The molecule has 60 valence electrons. The van der Waals surface area contributed by atoms with Crippen molar-refractivity contribution in [1.82, 2.24) is 0 Å². The minimum Gasteiger partial charge on any atom is -0.300 e. The fourth-order valence-electron chi connectivity index (χ4n) is 0.744. The van der Waals surface area contributed by atoms with Crippen LogP contribution in [0.3, 0.4) is 0 Å². The van der Waals surface area contributed by atoms with Crippen LogP contribution in [0, 0.1) is 0 Å². The van der Waals surface area contributed by atoms with Crippen molar-refractivity contribution in [2.75, 3.05) is 0 Å². The van der Waals surface area contributed by atoms with E-state index in [4.69, 9.17) is 17.5 Å². The van der Waals surface area contributed by atoms with Crippen molar-refractivity contribution in [2.24, 2.45) is 5.90 Å². The third-order valence-corrected chi connectivity index (χ3v) is 2.26. The second-order valence-electron chi connectivity index (χ2n) is 2.05. The first-order chi connectivity index (χ1) is 5.24. The van der Waals surface area contributed by atoms with E-state index in [9.17, 15) is 0 Å². The molecule has 0 aromatic heterocycles. The van der Waals surface area contributed by atoms with Crippen LogP contribution in [-0.4, -0.2) is 0 Å². The van der Waals surface area contributed by atoms with Crippen LogP contribution in [0.25, 0.3) is 0 Å². The van der Waals surface area contributed by atoms with Gasteiger partial charge in [-0.2, -0.15) is 0 Å². The molecule has 0 amide bonds. The fourth-order valence-corrected chi connectivity index (χ4v) is 1.30. The lowest BCUT2D eigenvalue weighted by atomic mass is 10.2. The van der Waals surface area contributed by atoms with Crippen LogP contribution in [0.2, 0.25) is 5.02 Å². The molecule has 0 atom stereocenters. The molecular weight excluding hydrogens is 229 g/mol. The highest BCUT2D eigenvalue weighted by Gasteiger charge is 1.99. The molecule has 0 aliphatic rings. The number of benzene rings is 1. The van der Waals surface area contributed by atoms with Gasteiger partial charge in [-0.3, -0.25) is 4.84 Å². The lowest BCUT2D eigenvalue weighted by Gasteiger charge is -2.01. The zero-order valence-electron chi connectivity index (χ0n) is 5.68. The van der Waals surface area contributed by atoms with Gasteiger partial charge >= 0.3 is 0 Å². The standard InChI is InChI=1S/C7H7BrClNO/c8-7-2-1-6(9)3-5(7)4-11-10/h1-3H,4,10H2. The van der Waals surface area contributed by atoms with Gasteiger partial charge in [0.15, 0.2) is 0 Å². The highest BCUT2D eigenvalue weighted by Crippen LogP contribution is 2.21. The van der Waals surface area contributed by atoms with Gasteiger partial charge in [0.25, 0.3) is 0 Å². The first-order valence-electron chi connectivity index (χ1n) is 2.99. The summed E-state index contributed by atoms with van der Waals surface area (Å²) in [7, 11) is 0. The molecule has 0 spiro atoms. The summed E-state index contributed by atoms with van der Waals surface area (Å²) in [6.07, 6.45) is 0. The molecule has 0 saturated heterocycles. The lowest BCUT2D eigenvalue weighted by Crippen LogP contribution is -1.99. The SMILES string of the molecule is NOCc1cc(Cl)ccc1Br. The van der Waals surface area contributed by atoms with E-state index in [2.05, 4.69) is 20.8 Å². The second-order valence-corrected chi connectivity index (χ2v) is 3.34. The average Bonchev–Trinajstić information content (AvgIpc) is 1.98. The van der Waals surface area contributed by atoms with E-state index >= 15 is 0 Å². The summed E-state index contributed by atoms with van der Waals surface area (Å²) in [6, 6.07) is 5.46. The first-order valence-corrected chi connectivity index (χ1v) is 4.16. The van der Waals surface area contributed by atoms with Crippen molar-refractivity contribution in [2.45, 2.75) is 6.61 Å². The van der Waals surface area contributed by atoms with Crippen LogP contribution in [-0.2, 0) is 11.4 Å². The van der Waals surface area contributed by atoms with Gasteiger partial charge < -0.3 is 0 Å². The summed E-state index contributed by atoms with van der Waals surface area (Å²) in [5.41, 5.74) is 0.944. The molecule has 0 heterocycles. The van der Waals surface area contributed by atoms with Gasteiger partial charge in [-0.15, -0.1) is 0 Å². The smallest absolute Gasteiger partial charge is 0.0941 e.